The fourth-order valence-electron chi connectivity index (χ4n) is 2.11. The first-order valence-corrected chi connectivity index (χ1v) is 7.85. The van der Waals surface area contributed by atoms with Crippen molar-refractivity contribution >= 4 is 23.2 Å². The molecule has 3 aromatic heterocycles. The van der Waals surface area contributed by atoms with Gasteiger partial charge in [0.1, 0.15) is 16.7 Å². The third-order valence-electron chi connectivity index (χ3n) is 3.10. The Morgan fingerprint density at radius 2 is 2.09 bits per heavy atom. The molecule has 0 fully saturated rings. The van der Waals surface area contributed by atoms with Crippen LogP contribution in [0.15, 0.2) is 41.8 Å². The maximum Gasteiger partial charge on any atom is 0.158 e. The normalized spacial score (nSPS) is 10.5. The first-order valence-electron chi connectivity index (χ1n) is 6.87. The topological polar surface area (TPSA) is 78.9 Å². The van der Waals surface area contributed by atoms with Crippen LogP contribution in [0, 0.1) is 11.3 Å². The van der Waals surface area contributed by atoms with Crippen molar-refractivity contribution in [1.82, 2.24) is 19.6 Å². The molecule has 7 heteroatoms. The van der Waals surface area contributed by atoms with Crippen molar-refractivity contribution in [3.05, 3.63) is 47.9 Å². The van der Waals surface area contributed by atoms with Crippen LogP contribution in [0.1, 0.15) is 18.1 Å². The van der Waals surface area contributed by atoms with Crippen LogP contribution in [0.5, 0.6) is 0 Å². The molecular formula is C15H14N6S. The van der Waals surface area contributed by atoms with Gasteiger partial charge in [-0.05, 0) is 23.4 Å². The van der Waals surface area contributed by atoms with E-state index in [2.05, 4.69) is 26.5 Å². The number of fused-ring (bicyclic) bond motifs is 1. The first-order chi connectivity index (χ1) is 10.8. The summed E-state index contributed by atoms with van der Waals surface area (Å²) in [6, 6.07) is 7.95. The monoisotopic (exact) mass is 310 g/mol. The van der Waals surface area contributed by atoms with Gasteiger partial charge in [-0.1, -0.05) is 6.92 Å². The Bertz CT molecular complexity index is 821. The van der Waals surface area contributed by atoms with Crippen LogP contribution in [0.25, 0.3) is 5.65 Å². The molecule has 0 atom stereocenters. The summed E-state index contributed by atoms with van der Waals surface area (Å²) in [5.41, 5.74) is 2.34. The van der Waals surface area contributed by atoms with Gasteiger partial charge >= 0.3 is 0 Å². The molecule has 22 heavy (non-hydrogen) atoms. The molecule has 0 saturated heterocycles. The number of thioether (sulfide) groups is 1. The minimum Gasteiger partial charge on any atom is -0.365 e. The molecule has 110 valence electrons. The van der Waals surface area contributed by atoms with Gasteiger partial charge < -0.3 is 5.32 Å². The molecule has 0 radical (unpaired) electrons. The Morgan fingerprint density at radius 3 is 2.82 bits per heavy atom. The minimum absolute atomic E-state index is 0.525. The van der Waals surface area contributed by atoms with Crippen molar-refractivity contribution in [2.75, 3.05) is 11.1 Å². The Morgan fingerprint density at radius 1 is 1.27 bits per heavy atom. The van der Waals surface area contributed by atoms with Gasteiger partial charge in [-0.3, -0.25) is 4.98 Å². The quantitative estimate of drug-likeness (QED) is 0.576. The summed E-state index contributed by atoms with van der Waals surface area (Å²) in [6.45, 7) is 2.63. The molecule has 3 heterocycles. The summed E-state index contributed by atoms with van der Waals surface area (Å²) < 4.78 is 1.67. The van der Waals surface area contributed by atoms with Crippen LogP contribution in [-0.2, 0) is 6.54 Å². The molecule has 0 amide bonds. The van der Waals surface area contributed by atoms with E-state index in [1.165, 1.54) is 0 Å². The lowest BCUT2D eigenvalue weighted by Gasteiger charge is -2.12. The highest BCUT2D eigenvalue weighted by Crippen LogP contribution is 2.27. The van der Waals surface area contributed by atoms with E-state index in [0.717, 1.165) is 22.0 Å². The average molecular weight is 310 g/mol. The fourth-order valence-corrected chi connectivity index (χ4v) is 2.83. The second-order valence-electron chi connectivity index (χ2n) is 4.50. The molecule has 0 aliphatic heterocycles. The zero-order valence-electron chi connectivity index (χ0n) is 12.0. The lowest BCUT2D eigenvalue weighted by atomic mass is 10.2. The van der Waals surface area contributed by atoms with E-state index in [0.29, 0.717) is 17.9 Å². The summed E-state index contributed by atoms with van der Waals surface area (Å²) in [4.78, 5) is 8.51. The van der Waals surface area contributed by atoms with Crippen molar-refractivity contribution in [3.63, 3.8) is 0 Å². The summed E-state index contributed by atoms with van der Waals surface area (Å²) in [7, 11) is 0. The van der Waals surface area contributed by atoms with Crippen molar-refractivity contribution in [3.8, 4) is 6.07 Å². The molecule has 0 aliphatic carbocycles. The van der Waals surface area contributed by atoms with Gasteiger partial charge in [0.2, 0.25) is 0 Å². The van der Waals surface area contributed by atoms with E-state index in [4.69, 9.17) is 0 Å². The predicted molar refractivity (Wildman–Crippen MR) is 85.7 cm³/mol. The number of nitrogens with one attached hydrogen (secondary N) is 1. The Kier molecular flexibility index (Phi) is 4.21. The fraction of sp³-hybridized carbons (Fsp3) is 0.200. The first kappa shape index (κ1) is 14.4. The molecular weight excluding hydrogens is 296 g/mol. The highest BCUT2D eigenvalue weighted by atomic mass is 32.2. The highest BCUT2D eigenvalue weighted by molar-refractivity contribution is 7.99. The predicted octanol–water partition coefficient (Wildman–Crippen LogP) is 2.72. The van der Waals surface area contributed by atoms with E-state index in [-0.39, 0.29) is 0 Å². The SMILES string of the molecule is CCSc1nc2ccnn2c(NCc2ccncc2)c1C#N. The van der Waals surface area contributed by atoms with Crippen LogP contribution >= 0.6 is 11.8 Å². The van der Waals surface area contributed by atoms with Gasteiger partial charge in [0.25, 0.3) is 0 Å². The van der Waals surface area contributed by atoms with Crippen molar-refractivity contribution < 1.29 is 0 Å². The Labute approximate surface area is 132 Å². The molecule has 1 N–H and O–H groups in total. The molecule has 0 saturated carbocycles. The van der Waals surface area contributed by atoms with Crippen LogP contribution in [0.2, 0.25) is 0 Å². The summed E-state index contributed by atoms with van der Waals surface area (Å²) in [5.74, 6) is 1.53. The van der Waals surface area contributed by atoms with Crippen LogP contribution < -0.4 is 5.32 Å². The van der Waals surface area contributed by atoms with Crippen molar-refractivity contribution in [1.29, 1.82) is 5.26 Å². The van der Waals surface area contributed by atoms with Crippen molar-refractivity contribution in [2.45, 2.75) is 18.5 Å². The number of nitrogens with zero attached hydrogens (tertiary/aromatic N) is 5. The van der Waals surface area contributed by atoms with Crippen molar-refractivity contribution in [2.24, 2.45) is 0 Å². The molecule has 6 nitrogen and oxygen atoms in total. The van der Waals surface area contributed by atoms with Gasteiger partial charge in [-0.25, -0.2) is 4.98 Å². The Balaban J connectivity index is 2.02. The van der Waals surface area contributed by atoms with Gasteiger partial charge in [0, 0.05) is 25.0 Å². The van der Waals surface area contributed by atoms with E-state index in [1.807, 2.05) is 25.1 Å². The standard InChI is InChI=1S/C15H14N6S/c1-2-22-15-12(9-16)14(21-13(20-15)5-8-19-21)18-10-11-3-6-17-7-4-11/h3-8,18H,2,10H2,1H3. The lowest BCUT2D eigenvalue weighted by Crippen LogP contribution is -2.09. The maximum atomic E-state index is 9.53. The summed E-state index contributed by atoms with van der Waals surface area (Å²) in [6.07, 6.45) is 5.18. The number of nitriles is 1. The number of pyridine rings is 1. The zero-order chi connectivity index (χ0) is 15.4. The summed E-state index contributed by atoms with van der Waals surface area (Å²) >= 11 is 1.56. The molecule has 0 aliphatic rings. The number of hydrogen-bond acceptors (Lipinski definition) is 6. The molecule has 3 aromatic rings. The van der Waals surface area contributed by atoms with Gasteiger partial charge in [0.05, 0.1) is 6.20 Å². The van der Waals surface area contributed by atoms with E-state index in [9.17, 15) is 5.26 Å². The largest absolute Gasteiger partial charge is 0.365 e. The van der Waals surface area contributed by atoms with E-state index < -0.39 is 0 Å². The van der Waals surface area contributed by atoms with E-state index in [1.54, 1.807) is 34.9 Å². The third kappa shape index (κ3) is 2.73. The maximum absolute atomic E-state index is 9.53. The molecule has 0 aromatic carbocycles. The Hall–Kier alpha value is -2.59. The molecule has 0 bridgehead atoms. The van der Waals surface area contributed by atoms with Gasteiger partial charge in [-0.15, -0.1) is 11.8 Å². The van der Waals surface area contributed by atoms with E-state index >= 15 is 0 Å². The van der Waals surface area contributed by atoms with Crippen LogP contribution in [0.4, 0.5) is 5.82 Å². The van der Waals surface area contributed by atoms with Crippen LogP contribution in [0.3, 0.4) is 0 Å². The van der Waals surface area contributed by atoms with Crippen LogP contribution in [-0.4, -0.2) is 25.3 Å². The number of aromatic nitrogens is 4. The van der Waals surface area contributed by atoms with Gasteiger partial charge in [0.15, 0.2) is 11.5 Å². The third-order valence-corrected chi connectivity index (χ3v) is 3.96. The summed E-state index contributed by atoms with van der Waals surface area (Å²) in [5, 5.41) is 17.8. The molecule has 0 spiro atoms. The molecule has 3 rings (SSSR count). The average Bonchev–Trinajstić information content (AvgIpc) is 3.01. The van der Waals surface area contributed by atoms with Gasteiger partial charge in [-0.2, -0.15) is 14.9 Å². The molecule has 0 unspecified atom stereocenters. The lowest BCUT2D eigenvalue weighted by molar-refractivity contribution is 0.896. The number of anilines is 1. The minimum atomic E-state index is 0.525. The zero-order valence-corrected chi connectivity index (χ0v) is 12.8. The smallest absolute Gasteiger partial charge is 0.158 e. The number of rotatable bonds is 5. The highest BCUT2D eigenvalue weighted by Gasteiger charge is 2.15. The number of hydrogen-bond donors (Lipinski definition) is 1. The second-order valence-corrected chi connectivity index (χ2v) is 5.75. The second kappa shape index (κ2) is 6.45.